The molecule has 1 aromatic heterocycles. The Morgan fingerprint density at radius 3 is 2.90 bits per heavy atom. The molecule has 0 amide bonds. The summed E-state index contributed by atoms with van der Waals surface area (Å²) in [7, 11) is 0. The molecular weight excluding hydrogens is 252 g/mol. The Labute approximate surface area is 119 Å². The zero-order valence-corrected chi connectivity index (χ0v) is 12.0. The van der Waals surface area contributed by atoms with E-state index in [1.165, 1.54) is 0 Å². The monoisotopic (exact) mass is 272 g/mol. The van der Waals surface area contributed by atoms with Crippen molar-refractivity contribution in [1.29, 1.82) is 0 Å². The van der Waals surface area contributed by atoms with Crippen molar-refractivity contribution in [2.45, 2.75) is 33.2 Å². The standard InChI is InChI=1S/C16H20N2O2/c1-3-5-9-18-11-14(12-19)16(17-18)13-7-6-8-15(10-13)20-4-2/h6-8,10-12H,3-5,9H2,1-2H3. The molecule has 0 atom stereocenters. The summed E-state index contributed by atoms with van der Waals surface area (Å²) in [6, 6.07) is 7.69. The average molecular weight is 272 g/mol. The van der Waals surface area contributed by atoms with Gasteiger partial charge in [0.05, 0.1) is 12.2 Å². The molecule has 0 aliphatic rings. The topological polar surface area (TPSA) is 44.1 Å². The van der Waals surface area contributed by atoms with E-state index in [-0.39, 0.29) is 0 Å². The van der Waals surface area contributed by atoms with Crippen LogP contribution in [0.4, 0.5) is 0 Å². The highest BCUT2D eigenvalue weighted by molar-refractivity contribution is 5.85. The van der Waals surface area contributed by atoms with Crippen LogP contribution in [0.3, 0.4) is 0 Å². The van der Waals surface area contributed by atoms with Gasteiger partial charge < -0.3 is 4.74 Å². The highest BCUT2D eigenvalue weighted by atomic mass is 16.5. The van der Waals surface area contributed by atoms with Gasteiger partial charge in [0.25, 0.3) is 0 Å². The second kappa shape index (κ2) is 6.89. The van der Waals surface area contributed by atoms with E-state index < -0.39 is 0 Å². The third-order valence-corrected chi connectivity index (χ3v) is 3.08. The SMILES string of the molecule is CCCCn1cc(C=O)c(-c2cccc(OCC)c2)n1. The van der Waals surface area contributed by atoms with Crippen LogP contribution in [0.2, 0.25) is 0 Å². The van der Waals surface area contributed by atoms with Crippen molar-refractivity contribution in [2.24, 2.45) is 0 Å². The van der Waals surface area contributed by atoms with Gasteiger partial charge in [-0.3, -0.25) is 9.48 Å². The fraction of sp³-hybridized carbons (Fsp3) is 0.375. The molecule has 4 nitrogen and oxygen atoms in total. The molecule has 2 aromatic rings. The zero-order chi connectivity index (χ0) is 14.4. The fourth-order valence-electron chi connectivity index (χ4n) is 2.08. The van der Waals surface area contributed by atoms with Gasteiger partial charge in [0.15, 0.2) is 6.29 Å². The summed E-state index contributed by atoms with van der Waals surface area (Å²) < 4.78 is 7.33. The van der Waals surface area contributed by atoms with Crippen molar-refractivity contribution < 1.29 is 9.53 Å². The average Bonchev–Trinajstić information content (AvgIpc) is 2.89. The van der Waals surface area contributed by atoms with E-state index in [2.05, 4.69) is 12.0 Å². The van der Waals surface area contributed by atoms with Crippen LogP contribution in [-0.2, 0) is 6.54 Å². The Kier molecular flexibility index (Phi) is 4.93. The molecule has 0 N–H and O–H groups in total. The van der Waals surface area contributed by atoms with E-state index in [0.29, 0.717) is 12.2 Å². The minimum Gasteiger partial charge on any atom is -0.494 e. The number of carbonyl (C=O) groups is 1. The number of aldehydes is 1. The van der Waals surface area contributed by atoms with Crippen LogP contribution in [0.1, 0.15) is 37.0 Å². The number of benzene rings is 1. The van der Waals surface area contributed by atoms with E-state index in [0.717, 1.165) is 42.7 Å². The van der Waals surface area contributed by atoms with Gasteiger partial charge in [0.2, 0.25) is 0 Å². The van der Waals surface area contributed by atoms with Crippen LogP contribution >= 0.6 is 0 Å². The summed E-state index contributed by atoms with van der Waals surface area (Å²) in [6.45, 7) is 5.54. The van der Waals surface area contributed by atoms with Crippen molar-refractivity contribution in [3.05, 3.63) is 36.0 Å². The first-order chi connectivity index (χ1) is 9.78. The van der Waals surface area contributed by atoms with E-state index >= 15 is 0 Å². The molecule has 0 radical (unpaired) electrons. The van der Waals surface area contributed by atoms with Gasteiger partial charge in [-0.1, -0.05) is 25.5 Å². The third-order valence-electron chi connectivity index (χ3n) is 3.08. The Balaban J connectivity index is 2.32. The van der Waals surface area contributed by atoms with Crippen LogP contribution in [-0.4, -0.2) is 22.7 Å². The molecule has 1 aromatic carbocycles. The van der Waals surface area contributed by atoms with Gasteiger partial charge >= 0.3 is 0 Å². The zero-order valence-electron chi connectivity index (χ0n) is 12.0. The van der Waals surface area contributed by atoms with Crippen LogP contribution in [0.25, 0.3) is 11.3 Å². The van der Waals surface area contributed by atoms with Gasteiger partial charge in [-0.2, -0.15) is 5.10 Å². The molecule has 0 unspecified atom stereocenters. The largest absolute Gasteiger partial charge is 0.494 e. The smallest absolute Gasteiger partial charge is 0.153 e. The van der Waals surface area contributed by atoms with Gasteiger partial charge in [0, 0.05) is 18.3 Å². The second-order valence-electron chi connectivity index (χ2n) is 4.63. The summed E-state index contributed by atoms with van der Waals surface area (Å²) in [4.78, 5) is 11.2. The molecule has 2 rings (SSSR count). The van der Waals surface area contributed by atoms with Crippen LogP contribution in [0.15, 0.2) is 30.5 Å². The van der Waals surface area contributed by atoms with Crippen molar-refractivity contribution in [2.75, 3.05) is 6.61 Å². The molecule has 0 bridgehead atoms. The van der Waals surface area contributed by atoms with Gasteiger partial charge in [-0.05, 0) is 25.5 Å². The Morgan fingerprint density at radius 2 is 2.20 bits per heavy atom. The van der Waals surface area contributed by atoms with E-state index in [9.17, 15) is 4.79 Å². The predicted molar refractivity (Wildman–Crippen MR) is 79.1 cm³/mol. The van der Waals surface area contributed by atoms with Crippen molar-refractivity contribution in [3.8, 4) is 17.0 Å². The Bertz CT molecular complexity index is 576. The summed E-state index contributed by atoms with van der Waals surface area (Å²) in [5.41, 5.74) is 2.25. The maximum Gasteiger partial charge on any atom is 0.153 e. The third kappa shape index (κ3) is 3.26. The lowest BCUT2D eigenvalue weighted by Gasteiger charge is -2.04. The molecule has 0 fully saturated rings. The number of hydrogen-bond donors (Lipinski definition) is 0. The lowest BCUT2D eigenvalue weighted by Crippen LogP contribution is -1.98. The summed E-state index contributed by atoms with van der Waals surface area (Å²) in [5, 5.41) is 4.52. The maximum atomic E-state index is 11.2. The molecule has 0 aliphatic heterocycles. The van der Waals surface area contributed by atoms with Crippen LogP contribution in [0, 0.1) is 0 Å². The number of rotatable bonds is 7. The number of aryl methyl sites for hydroxylation is 1. The highest BCUT2D eigenvalue weighted by Gasteiger charge is 2.11. The highest BCUT2D eigenvalue weighted by Crippen LogP contribution is 2.25. The molecular formula is C16H20N2O2. The normalized spacial score (nSPS) is 10.5. The first-order valence-electron chi connectivity index (χ1n) is 7.04. The molecule has 0 saturated heterocycles. The number of hydrogen-bond acceptors (Lipinski definition) is 3. The van der Waals surface area contributed by atoms with Crippen LogP contribution in [0.5, 0.6) is 5.75 Å². The molecule has 0 saturated carbocycles. The van der Waals surface area contributed by atoms with Gasteiger partial charge in [0.1, 0.15) is 11.4 Å². The van der Waals surface area contributed by atoms with E-state index in [1.807, 2.05) is 42.1 Å². The fourth-order valence-corrected chi connectivity index (χ4v) is 2.08. The van der Waals surface area contributed by atoms with E-state index in [1.54, 1.807) is 0 Å². The van der Waals surface area contributed by atoms with Gasteiger partial charge in [-0.15, -0.1) is 0 Å². The molecule has 1 heterocycles. The van der Waals surface area contributed by atoms with Crippen molar-refractivity contribution in [1.82, 2.24) is 9.78 Å². The molecule has 20 heavy (non-hydrogen) atoms. The number of ether oxygens (including phenoxy) is 1. The second-order valence-corrected chi connectivity index (χ2v) is 4.63. The number of aromatic nitrogens is 2. The number of unbranched alkanes of at least 4 members (excludes halogenated alkanes) is 1. The summed E-state index contributed by atoms with van der Waals surface area (Å²) >= 11 is 0. The molecule has 106 valence electrons. The van der Waals surface area contributed by atoms with E-state index in [4.69, 9.17) is 4.74 Å². The Hall–Kier alpha value is -2.10. The minimum absolute atomic E-state index is 0.620. The van der Waals surface area contributed by atoms with Crippen molar-refractivity contribution in [3.63, 3.8) is 0 Å². The quantitative estimate of drug-likeness (QED) is 0.724. The summed E-state index contributed by atoms with van der Waals surface area (Å²) in [5.74, 6) is 0.796. The predicted octanol–water partition coefficient (Wildman–Crippen LogP) is 3.56. The number of carbonyl (C=O) groups excluding carboxylic acids is 1. The molecule has 0 aliphatic carbocycles. The molecule has 0 spiro atoms. The minimum atomic E-state index is 0.620. The lowest BCUT2D eigenvalue weighted by molar-refractivity contribution is 0.112. The first-order valence-corrected chi connectivity index (χ1v) is 7.04. The van der Waals surface area contributed by atoms with Crippen LogP contribution < -0.4 is 4.74 Å². The Morgan fingerprint density at radius 1 is 1.35 bits per heavy atom. The van der Waals surface area contributed by atoms with Gasteiger partial charge in [-0.25, -0.2) is 0 Å². The molecule has 4 heteroatoms. The number of nitrogens with zero attached hydrogens (tertiary/aromatic N) is 2. The van der Waals surface area contributed by atoms with Crippen molar-refractivity contribution >= 4 is 6.29 Å². The maximum absolute atomic E-state index is 11.2. The first kappa shape index (κ1) is 14.3. The summed E-state index contributed by atoms with van der Waals surface area (Å²) in [6.07, 6.45) is 4.83. The lowest BCUT2D eigenvalue weighted by atomic mass is 10.1.